The van der Waals surface area contributed by atoms with E-state index < -0.39 is 0 Å². The van der Waals surface area contributed by atoms with Gasteiger partial charge in [-0.15, -0.1) is 0 Å². The number of hydrogen-bond donors (Lipinski definition) is 1. The zero-order valence-corrected chi connectivity index (χ0v) is 7.97. The molecule has 0 saturated heterocycles. The quantitative estimate of drug-likeness (QED) is 0.846. The van der Waals surface area contributed by atoms with Crippen LogP contribution in [0.15, 0.2) is 21.2 Å². The Kier molecular flexibility index (Phi) is 3.15. The minimum Gasteiger partial charge on any atom is -0.468 e. The number of aliphatic hydroxyl groups excluding tert-OH is 1. The second kappa shape index (κ2) is 3.93. The molecule has 0 amide bonds. The van der Waals surface area contributed by atoms with Gasteiger partial charge in [-0.1, -0.05) is 0 Å². The van der Waals surface area contributed by atoms with Crippen molar-refractivity contribution < 1.29 is 9.52 Å². The molecular weight excluding hydrogens is 208 g/mol. The van der Waals surface area contributed by atoms with Crippen LogP contribution in [0.2, 0.25) is 0 Å². The molecule has 0 fully saturated rings. The second-order valence-corrected chi connectivity index (χ2v) is 3.53. The minimum atomic E-state index is -0.251. The van der Waals surface area contributed by atoms with Crippen molar-refractivity contribution in [1.82, 2.24) is 0 Å². The summed E-state index contributed by atoms with van der Waals surface area (Å²) in [7, 11) is 0. The van der Waals surface area contributed by atoms with Gasteiger partial charge in [0.1, 0.15) is 12.0 Å². The Bertz CT molecular complexity index is 218. The van der Waals surface area contributed by atoms with Crippen LogP contribution in [-0.4, -0.2) is 11.2 Å². The van der Waals surface area contributed by atoms with Crippen LogP contribution >= 0.6 is 15.9 Å². The Morgan fingerprint density at radius 1 is 1.73 bits per heavy atom. The zero-order chi connectivity index (χ0) is 8.27. The summed E-state index contributed by atoms with van der Waals surface area (Å²) in [6, 6.07) is 1.92. The summed E-state index contributed by atoms with van der Waals surface area (Å²) in [4.78, 5) is 0. The smallest absolute Gasteiger partial charge is 0.105 e. The van der Waals surface area contributed by atoms with Gasteiger partial charge in [-0.3, -0.25) is 0 Å². The first kappa shape index (κ1) is 8.81. The largest absolute Gasteiger partial charge is 0.468 e. The van der Waals surface area contributed by atoms with Crippen LogP contribution in [0, 0.1) is 0 Å². The first-order valence-corrected chi connectivity index (χ1v) is 4.39. The summed E-state index contributed by atoms with van der Waals surface area (Å²) < 4.78 is 6.11. The number of aryl methyl sites for hydroxylation is 1. The molecule has 0 aliphatic carbocycles. The average Bonchev–Trinajstić information content (AvgIpc) is 2.31. The van der Waals surface area contributed by atoms with Crippen LogP contribution in [0.25, 0.3) is 0 Å². The zero-order valence-electron chi connectivity index (χ0n) is 6.38. The lowest BCUT2D eigenvalue weighted by Gasteiger charge is -1.99. The van der Waals surface area contributed by atoms with Gasteiger partial charge in [0.05, 0.1) is 10.6 Å². The Morgan fingerprint density at radius 2 is 2.45 bits per heavy atom. The molecule has 1 N–H and O–H groups in total. The standard InChI is InChI=1S/C8H11BrO2/c1-6(10)2-3-8-4-7(9)5-11-8/h4-6,10H,2-3H2,1H3/t6-/m0/s1. The predicted octanol–water partition coefficient (Wildman–Crippen LogP) is 2.36. The van der Waals surface area contributed by atoms with E-state index in [-0.39, 0.29) is 6.10 Å². The third-order valence-electron chi connectivity index (χ3n) is 1.43. The maximum absolute atomic E-state index is 8.97. The van der Waals surface area contributed by atoms with Gasteiger partial charge in [-0.2, -0.15) is 0 Å². The number of furan rings is 1. The lowest BCUT2D eigenvalue weighted by atomic mass is 10.2. The van der Waals surface area contributed by atoms with Gasteiger partial charge in [0.15, 0.2) is 0 Å². The van der Waals surface area contributed by atoms with Crippen molar-refractivity contribution in [2.45, 2.75) is 25.9 Å². The average molecular weight is 219 g/mol. The summed E-state index contributed by atoms with van der Waals surface area (Å²) in [5, 5.41) is 8.97. The predicted molar refractivity (Wildman–Crippen MR) is 46.4 cm³/mol. The summed E-state index contributed by atoms with van der Waals surface area (Å²) in [5.41, 5.74) is 0. The van der Waals surface area contributed by atoms with Crippen molar-refractivity contribution in [2.75, 3.05) is 0 Å². The molecule has 0 aromatic carbocycles. The van der Waals surface area contributed by atoms with Crippen molar-refractivity contribution in [1.29, 1.82) is 0 Å². The molecule has 11 heavy (non-hydrogen) atoms. The maximum Gasteiger partial charge on any atom is 0.105 e. The Labute approximate surface area is 74.3 Å². The lowest BCUT2D eigenvalue weighted by Crippen LogP contribution is -2.00. The van der Waals surface area contributed by atoms with E-state index >= 15 is 0 Å². The molecule has 2 nitrogen and oxygen atoms in total. The number of aliphatic hydroxyl groups is 1. The van der Waals surface area contributed by atoms with Crippen molar-refractivity contribution in [3.63, 3.8) is 0 Å². The lowest BCUT2D eigenvalue weighted by molar-refractivity contribution is 0.182. The fourth-order valence-corrected chi connectivity index (χ4v) is 1.18. The summed E-state index contributed by atoms with van der Waals surface area (Å²) in [6.07, 6.45) is 2.94. The molecule has 0 unspecified atom stereocenters. The first-order valence-electron chi connectivity index (χ1n) is 3.59. The summed E-state index contributed by atoms with van der Waals surface area (Å²) in [6.45, 7) is 1.78. The molecule has 0 saturated carbocycles. The molecule has 3 heteroatoms. The van der Waals surface area contributed by atoms with E-state index in [2.05, 4.69) is 15.9 Å². The normalized spacial score (nSPS) is 13.4. The molecule has 1 atom stereocenters. The Hall–Kier alpha value is -0.280. The van der Waals surface area contributed by atoms with E-state index in [4.69, 9.17) is 9.52 Å². The van der Waals surface area contributed by atoms with Crippen LogP contribution in [0.1, 0.15) is 19.1 Å². The van der Waals surface area contributed by atoms with E-state index in [1.54, 1.807) is 13.2 Å². The number of halogens is 1. The van der Waals surface area contributed by atoms with Crippen LogP contribution < -0.4 is 0 Å². The van der Waals surface area contributed by atoms with E-state index in [1.165, 1.54) is 0 Å². The fourth-order valence-electron chi connectivity index (χ4n) is 0.836. The van der Waals surface area contributed by atoms with Gasteiger partial charge < -0.3 is 9.52 Å². The number of hydrogen-bond acceptors (Lipinski definition) is 2. The molecule has 0 radical (unpaired) electrons. The topological polar surface area (TPSA) is 33.4 Å². The van der Waals surface area contributed by atoms with E-state index in [0.717, 1.165) is 23.1 Å². The highest BCUT2D eigenvalue weighted by Gasteiger charge is 2.01. The maximum atomic E-state index is 8.97. The molecule has 1 rings (SSSR count). The first-order chi connectivity index (χ1) is 5.18. The van der Waals surface area contributed by atoms with E-state index in [1.807, 2.05) is 6.07 Å². The molecule has 0 aliphatic rings. The SMILES string of the molecule is C[C@H](O)CCc1cc(Br)co1. The molecular formula is C8H11BrO2. The van der Waals surface area contributed by atoms with Crippen molar-refractivity contribution >= 4 is 15.9 Å². The molecule has 1 heterocycles. The minimum absolute atomic E-state index is 0.251. The molecule has 0 spiro atoms. The summed E-state index contributed by atoms with van der Waals surface area (Å²) in [5.74, 6) is 0.915. The molecule has 0 bridgehead atoms. The highest BCUT2D eigenvalue weighted by atomic mass is 79.9. The van der Waals surface area contributed by atoms with E-state index in [0.29, 0.717) is 0 Å². The van der Waals surface area contributed by atoms with Crippen molar-refractivity contribution in [3.8, 4) is 0 Å². The molecule has 0 aliphatic heterocycles. The Balaban J connectivity index is 2.39. The summed E-state index contributed by atoms with van der Waals surface area (Å²) >= 11 is 3.28. The van der Waals surface area contributed by atoms with Crippen LogP contribution in [0.5, 0.6) is 0 Å². The highest BCUT2D eigenvalue weighted by Crippen LogP contribution is 2.15. The highest BCUT2D eigenvalue weighted by molar-refractivity contribution is 9.10. The Morgan fingerprint density at radius 3 is 2.91 bits per heavy atom. The van der Waals surface area contributed by atoms with Gasteiger partial charge in [-0.25, -0.2) is 0 Å². The van der Waals surface area contributed by atoms with Crippen LogP contribution in [0.3, 0.4) is 0 Å². The van der Waals surface area contributed by atoms with Crippen LogP contribution in [0.4, 0.5) is 0 Å². The third-order valence-corrected chi connectivity index (χ3v) is 1.85. The molecule has 1 aromatic heterocycles. The van der Waals surface area contributed by atoms with E-state index in [9.17, 15) is 0 Å². The van der Waals surface area contributed by atoms with Gasteiger partial charge in [0.25, 0.3) is 0 Å². The van der Waals surface area contributed by atoms with Crippen molar-refractivity contribution in [3.05, 3.63) is 22.6 Å². The monoisotopic (exact) mass is 218 g/mol. The van der Waals surface area contributed by atoms with Gasteiger partial charge in [-0.05, 0) is 35.3 Å². The van der Waals surface area contributed by atoms with Gasteiger partial charge >= 0.3 is 0 Å². The number of rotatable bonds is 3. The second-order valence-electron chi connectivity index (χ2n) is 2.62. The fraction of sp³-hybridized carbons (Fsp3) is 0.500. The van der Waals surface area contributed by atoms with Crippen LogP contribution in [-0.2, 0) is 6.42 Å². The third kappa shape index (κ3) is 3.08. The van der Waals surface area contributed by atoms with Gasteiger partial charge in [0, 0.05) is 6.42 Å². The van der Waals surface area contributed by atoms with Crippen molar-refractivity contribution in [2.24, 2.45) is 0 Å². The molecule has 62 valence electrons. The molecule has 1 aromatic rings. The van der Waals surface area contributed by atoms with Gasteiger partial charge in [0.2, 0.25) is 0 Å².